The van der Waals surface area contributed by atoms with Gasteiger partial charge in [0.1, 0.15) is 0 Å². The molecule has 33 heavy (non-hydrogen) atoms. The lowest BCUT2D eigenvalue weighted by Gasteiger charge is -2.22. The zero-order valence-corrected chi connectivity index (χ0v) is 21.1. The van der Waals surface area contributed by atoms with Gasteiger partial charge in [-0.3, -0.25) is 0 Å². The van der Waals surface area contributed by atoms with Gasteiger partial charge in [-0.2, -0.15) is 0 Å². The Bertz CT molecular complexity index is 366. The van der Waals surface area contributed by atoms with Crippen molar-refractivity contribution in [3.8, 4) is 0 Å². The van der Waals surface area contributed by atoms with Gasteiger partial charge in [0.05, 0.1) is 79.3 Å². The van der Waals surface area contributed by atoms with Crippen molar-refractivity contribution in [2.75, 3.05) is 92.5 Å². The van der Waals surface area contributed by atoms with Crippen molar-refractivity contribution >= 4 is 0 Å². The Kier molecular flexibility index (Phi) is 24.5. The molecule has 8 heteroatoms. The molecule has 0 N–H and O–H groups in total. The summed E-state index contributed by atoms with van der Waals surface area (Å²) in [7, 11) is 0. The second-order valence-corrected chi connectivity index (χ2v) is 8.11. The molecule has 0 aromatic heterocycles. The van der Waals surface area contributed by atoms with Crippen LogP contribution in [0.1, 0.15) is 64.7 Å². The van der Waals surface area contributed by atoms with E-state index in [1.165, 1.54) is 38.5 Å². The highest BCUT2D eigenvalue weighted by Crippen LogP contribution is 2.13. The number of unbranched alkanes of at least 4 members (excludes halogenated alkanes) is 5. The largest absolute Gasteiger partial charge is 0.379 e. The van der Waals surface area contributed by atoms with Crippen LogP contribution in [0.3, 0.4) is 0 Å². The Labute approximate surface area is 201 Å². The molecule has 0 aromatic rings. The predicted molar refractivity (Wildman–Crippen MR) is 128 cm³/mol. The number of hydrogen-bond donors (Lipinski definition) is 0. The maximum Gasteiger partial charge on any atom is 0.157 e. The fourth-order valence-corrected chi connectivity index (χ4v) is 3.27. The van der Waals surface area contributed by atoms with Crippen LogP contribution in [0.15, 0.2) is 0 Å². The molecule has 1 atom stereocenters. The summed E-state index contributed by atoms with van der Waals surface area (Å²) in [5.74, 6) is 0. The van der Waals surface area contributed by atoms with E-state index >= 15 is 0 Å². The van der Waals surface area contributed by atoms with Crippen LogP contribution in [0.5, 0.6) is 0 Å². The maximum absolute atomic E-state index is 5.60. The summed E-state index contributed by atoms with van der Waals surface area (Å²) in [5.41, 5.74) is 0. The van der Waals surface area contributed by atoms with E-state index < -0.39 is 0 Å². The van der Waals surface area contributed by atoms with Crippen molar-refractivity contribution in [2.45, 2.75) is 71.0 Å². The molecule has 0 radical (unpaired) electrons. The highest BCUT2D eigenvalue weighted by molar-refractivity contribution is 4.53. The minimum absolute atomic E-state index is 0.0496. The lowest BCUT2D eigenvalue weighted by atomic mass is 10.1. The van der Waals surface area contributed by atoms with Crippen LogP contribution in [0, 0.1) is 0 Å². The summed E-state index contributed by atoms with van der Waals surface area (Å²) in [4.78, 5) is 0. The SMILES string of the molecule is CCCCCCCCOCCOCCOCCOCCOCCOCCOC1CCCCO1. The second kappa shape index (κ2) is 26.3. The molecule has 8 nitrogen and oxygen atoms in total. The monoisotopic (exact) mass is 478 g/mol. The van der Waals surface area contributed by atoms with Gasteiger partial charge in [0, 0.05) is 13.2 Å². The van der Waals surface area contributed by atoms with E-state index in [0.29, 0.717) is 79.3 Å². The van der Waals surface area contributed by atoms with E-state index in [2.05, 4.69) is 6.92 Å². The van der Waals surface area contributed by atoms with E-state index in [0.717, 1.165) is 32.5 Å². The summed E-state index contributed by atoms with van der Waals surface area (Å²) in [6.07, 6.45) is 11.0. The maximum atomic E-state index is 5.60. The molecule has 0 bridgehead atoms. The van der Waals surface area contributed by atoms with Gasteiger partial charge >= 0.3 is 0 Å². The highest BCUT2D eigenvalue weighted by Gasteiger charge is 2.13. The zero-order chi connectivity index (χ0) is 23.5. The minimum atomic E-state index is -0.0496. The lowest BCUT2D eigenvalue weighted by Crippen LogP contribution is -2.24. The average molecular weight is 479 g/mol. The van der Waals surface area contributed by atoms with Crippen LogP contribution < -0.4 is 0 Å². The summed E-state index contributed by atoms with van der Waals surface area (Å²) in [5, 5.41) is 0. The first kappa shape index (κ1) is 30.7. The van der Waals surface area contributed by atoms with Gasteiger partial charge in [0.15, 0.2) is 6.29 Å². The Morgan fingerprint density at radius 3 is 1.45 bits per heavy atom. The molecule has 198 valence electrons. The van der Waals surface area contributed by atoms with Gasteiger partial charge in [0.25, 0.3) is 0 Å². The van der Waals surface area contributed by atoms with E-state index in [1.807, 2.05) is 0 Å². The molecular weight excluding hydrogens is 428 g/mol. The van der Waals surface area contributed by atoms with Crippen LogP contribution >= 0.6 is 0 Å². The summed E-state index contributed by atoms with van der Waals surface area (Å²) in [6, 6.07) is 0. The Morgan fingerprint density at radius 1 is 0.515 bits per heavy atom. The van der Waals surface area contributed by atoms with Gasteiger partial charge in [-0.05, 0) is 25.7 Å². The van der Waals surface area contributed by atoms with Crippen molar-refractivity contribution in [3.05, 3.63) is 0 Å². The topological polar surface area (TPSA) is 73.8 Å². The van der Waals surface area contributed by atoms with Gasteiger partial charge in [-0.25, -0.2) is 0 Å². The summed E-state index contributed by atoms with van der Waals surface area (Å²) >= 11 is 0. The van der Waals surface area contributed by atoms with Crippen LogP contribution in [0.4, 0.5) is 0 Å². The fourth-order valence-electron chi connectivity index (χ4n) is 3.27. The molecule has 0 amide bonds. The van der Waals surface area contributed by atoms with Crippen molar-refractivity contribution in [3.63, 3.8) is 0 Å². The second-order valence-electron chi connectivity index (χ2n) is 8.11. The standard InChI is InChI=1S/C25H50O8/c1-2-3-4-5-6-8-11-26-13-14-27-15-16-28-17-18-29-19-20-30-21-22-31-23-24-33-25-10-7-9-12-32-25/h25H,2-24H2,1H3. The van der Waals surface area contributed by atoms with Gasteiger partial charge in [0.2, 0.25) is 0 Å². The molecule has 1 aliphatic heterocycles. The predicted octanol–water partition coefficient (Wildman–Crippen LogP) is 3.99. The molecule has 0 aromatic carbocycles. The van der Waals surface area contributed by atoms with Crippen molar-refractivity contribution in [1.82, 2.24) is 0 Å². The van der Waals surface area contributed by atoms with E-state index in [-0.39, 0.29) is 6.29 Å². The third-order valence-corrected chi connectivity index (χ3v) is 5.17. The average Bonchev–Trinajstić information content (AvgIpc) is 2.84. The van der Waals surface area contributed by atoms with E-state index in [1.54, 1.807) is 0 Å². The van der Waals surface area contributed by atoms with Gasteiger partial charge < -0.3 is 37.9 Å². The Morgan fingerprint density at radius 2 is 0.970 bits per heavy atom. The van der Waals surface area contributed by atoms with Crippen molar-refractivity contribution < 1.29 is 37.9 Å². The Balaban J connectivity index is 1.62. The molecule has 1 aliphatic rings. The molecule has 0 aliphatic carbocycles. The molecule has 1 fully saturated rings. The van der Waals surface area contributed by atoms with Crippen LogP contribution in [0.25, 0.3) is 0 Å². The quantitative estimate of drug-likeness (QED) is 0.173. The molecular formula is C25H50O8. The number of hydrogen-bond acceptors (Lipinski definition) is 8. The molecule has 1 saturated heterocycles. The molecule has 1 unspecified atom stereocenters. The third-order valence-electron chi connectivity index (χ3n) is 5.17. The molecule has 0 saturated carbocycles. The highest BCUT2D eigenvalue weighted by atomic mass is 16.7. The van der Waals surface area contributed by atoms with Gasteiger partial charge in [-0.1, -0.05) is 39.0 Å². The normalized spacial score (nSPS) is 16.5. The first-order valence-corrected chi connectivity index (χ1v) is 13.1. The fraction of sp³-hybridized carbons (Fsp3) is 1.00. The van der Waals surface area contributed by atoms with Crippen molar-refractivity contribution in [1.29, 1.82) is 0 Å². The Hall–Kier alpha value is -0.320. The number of ether oxygens (including phenoxy) is 8. The third kappa shape index (κ3) is 23.2. The number of rotatable bonds is 26. The van der Waals surface area contributed by atoms with Crippen LogP contribution in [-0.4, -0.2) is 98.8 Å². The van der Waals surface area contributed by atoms with Crippen LogP contribution in [0.2, 0.25) is 0 Å². The minimum Gasteiger partial charge on any atom is -0.379 e. The summed E-state index contributed by atoms with van der Waals surface area (Å²) < 4.78 is 44.1. The molecule has 1 rings (SSSR count). The lowest BCUT2D eigenvalue weighted by molar-refractivity contribution is -0.169. The zero-order valence-electron chi connectivity index (χ0n) is 21.1. The molecule has 0 spiro atoms. The van der Waals surface area contributed by atoms with Crippen LogP contribution in [-0.2, 0) is 37.9 Å². The molecule has 1 heterocycles. The van der Waals surface area contributed by atoms with Gasteiger partial charge in [-0.15, -0.1) is 0 Å². The van der Waals surface area contributed by atoms with Crippen molar-refractivity contribution in [2.24, 2.45) is 0 Å². The summed E-state index contributed by atoms with van der Waals surface area (Å²) in [6.45, 7) is 10.8. The van der Waals surface area contributed by atoms with E-state index in [4.69, 9.17) is 37.9 Å². The van der Waals surface area contributed by atoms with E-state index in [9.17, 15) is 0 Å². The first-order chi connectivity index (χ1) is 16.4. The smallest absolute Gasteiger partial charge is 0.157 e. The first-order valence-electron chi connectivity index (χ1n) is 13.1.